The van der Waals surface area contributed by atoms with Crippen LogP contribution in [0.1, 0.15) is 19.4 Å². The molecule has 3 atom stereocenters. The molecule has 4 rings (SSSR count). The molecule has 0 spiro atoms. The molecule has 1 fully saturated rings. The fourth-order valence-corrected chi connectivity index (χ4v) is 5.42. The highest BCUT2D eigenvalue weighted by Crippen LogP contribution is 2.53. The van der Waals surface area contributed by atoms with E-state index >= 15 is 0 Å². The third-order valence-electron chi connectivity index (χ3n) is 5.68. The van der Waals surface area contributed by atoms with Crippen molar-refractivity contribution in [3.05, 3.63) is 69.0 Å². The summed E-state index contributed by atoms with van der Waals surface area (Å²) in [6.07, 6.45) is 3.60. The van der Waals surface area contributed by atoms with Crippen LogP contribution in [0.2, 0.25) is 0 Å². The Hall–Kier alpha value is -3.27. The number of fused-ring (bicyclic) bond motifs is 1. The Kier molecular flexibility index (Phi) is 5.48. The molecular weight excluding hydrogens is 420 g/mol. The smallest absolute Gasteiger partial charge is 0.353 e. The lowest BCUT2D eigenvalue weighted by molar-refractivity contribution is -0.384. The molecule has 1 aromatic carbocycles. The fourth-order valence-electron chi connectivity index (χ4n) is 4.34. The maximum Gasteiger partial charge on any atom is 0.353 e. The van der Waals surface area contributed by atoms with Gasteiger partial charge in [0.1, 0.15) is 5.70 Å². The van der Waals surface area contributed by atoms with E-state index in [1.807, 2.05) is 13.8 Å². The maximum absolute atomic E-state index is 12.8. The average molecular weight is 440 g/mol. The van der Waals surface area contributed by atoms with Crippen molar-refractivity contribution in [1.82, 2.24) is 14.9 Å². The Balaban J connectivity index is 1.74. The van der Waals surface area contributed by atoms with Crippen LogP contribution in [-0.4, -0.2) is 42.8 Å². The summed E-state index contributed by atoms with van der Waals surface area (Å²) in [6.45, 7) is 3.91. The average Bonchev–Trinajstić information content (AvgIpc) is 2.99. The van der Waals surface area contributed by atoms with E-state index in [4.69, 9.17) is 0 Å². The lowest BCUT2D eigenvalue weighted by Gasteiger charge is -2.47. The first-order valence-corrected chi connectivity index (χ1v) is 10.6. The van der Waals surface area contributed by atoms with Crippen molar-refractivity contribution in [2.24, 2.45) is 17.8 Å². The molecule has 10 heteroatoms. The lowest BCUT2D eigenvalue weighted by Crippen LogP contribution is -2.62. The van der Waals surface area contributed by atoms with Crippen LogP contribution in [0.3, 0.4) is 0 Å². The maximum atomic E-state index is 12.8. The summed E-state index contributed by atoms with van der Waals surface area (Å²) in [6, 6.07) is 7.61. The van der Waals surface area contributed by atoms with Gasteiger partial charge in [-0.25, -0.2) is 14.8 Å². The zero-order chi connectivity index (χ0) is 22.3. The number of nitrogens with zero attached hydrogens (tertiary/aromatic N) is 4. The zero-order valence-corrected chi connectivity index (χ0v) is 17.7. The van der Waals surface area contributed by atoms with Crippen molar-refractivity contribution in [1.29, 1.82) is 0 Å². The van der Waals surface area contributed by atoms with Gasteiger partial charge in [0.25, 0.3) is 5.69 Å². The molecule has 31 heavy (non-hydrogen) atoms. The van der Waals surface area contributed by atoms with Gasteiger partial charge in [-0.2, -0.15) is 0 Å². The van der Waals surface area contributed by atoms with Gasteiger partial charge in [0.15, 0.2) is 5.16 Å². The predicted molar refractivity (Wildman–Crippen MR) is 112 cm³/mol. The second-order valence-corrected chi connectivity index (χ2v) is 8.86. The number of benzene rings is 1. The molecule has 1 aromatic heterocycles. The van der Waals surface area contributed by atoms with Crippen molar-refractivity contribution >= 4 is 29.3 Å². The molecule has 2 aliphatic rings. The molecule has 2 aromatic rings. The van der Waals surface area contributed by atoms with Crippen LogP contribution in [-0.2, 0) is 16.0 Å². The van der Waals surface area contributed by atoms with E-state index in [2.05, 4.69) is 9.97 Å². The normalized spacial score (nSPS) is 22.5. The Morgan fingerprint density at radius 2 is 1.90 bits per heavy atom. The summed E-state index contributed by atoms with van der Waals surface area (Å²) in [7, 11) is 0. The molecule has 160 valence electrons. The Morgan fingerprint density at radius 1 is 1.26 bits per heavy atom. The third kappa shape index (κ3) is 3.67. The largest absolute Gasteiger partial charge is 0.477 e. The number of nitro benzene ring substituents is 1. The Morgan fingerprint density at radius 3 is 2.45 bits per heavy atom. The van der Waals surface area contributed by atoms with Crippen LogP contribution >= 0.6 is 11.8 Å². The Labute approximate surface area is 182 Å². The number of thioether (sulfide) groups is 1. The molecule has 9 nitrogen and oxygen atoms in total. The topological polar surface area (TPSA) is 127 Å². The number of aromatic nitrogens is 2. The predicted octanol–water partition coefficient (Wildman–Crippen LogP) is 3.13. The van der Waals surface area contributed by atoms with Gasteiger partial charge in [-0.05, 0) is 24.0 Å². The molecule has 0 aliphatic carbocycles. The first kappa shape index (κ1) is 21.0. The summed E-state index contributed by atoms with van der Waals surface area (Å²) in [5.74, 6) is -1.85. The molecule has 0 radical (unpaired) electrons. The van der Waals surface area contributed by atoms with E-state index in [1.54, 1.807) is 30.6 Å². The van der Waals surface area contributed by atoms with E-state index in [0.717, 1.165) is 17.3 Å². The van der Waals surface area contributed by atoms with Crippen molar-refractivity contribution in [3.8, 4) is 0 Å². The molecule has 3 unspecified atom stereocenters. The second kappa shape index (κ2) is 8.10. The standard InChI is InChI=1S/C21H20N4O5S/c1-11(2)15-16-14(10-12-4-6-13(7-5-12)25(29)30)18(31-21-22-8-3-9-23-21)17(20(27)28)24(16)19(15)26/h3-9,11,14-16H,10H2,1-2H3,(H,27,28). The number of carbonyl (C=O) groups excluding carboxylic acids is 1. The highest BCUT2D eigenvalue weighted by Gasteiger charge is 2.60. The number of carbonyl (C=O) groups is 2. The number of nitro groups is 1. The summed E-state index contributed by atoms with van der Waals surface area (Å²) < 4.78 is 0. The molecule has 0 saturated carbocycles. The van der Waals surface area contributed by atoms with Crippen molar-refractivity contribution < 1.29 is 19.6 Å². The van der Waals surface area contributed by atoms with Crippen LogP contribution in [0, 0.1) is 27.9 Å². The summed E-state index contributed by atoms with van der Waals surface area (Å²) in [5.41, 5.74) is 0.803. The molecule has 1 saturated heterocycles. The van der Waals surface area contributed by atoms with Gasteiger partial charge in [0.2, 0.25) is 5.91 Å². The number of amides is 1. The molecule has 3 heterocycles. The van der Waals surface area contributed by atoms with E-state index in [-0.39, 0.29) is 41.1 Å². The van der Waals surface area contributed by atoms with Gasteiger partial charge in [0, 0.05) is 35.3 Å². The number of carboxylic acids is 1. The first-order valence-electron chi connectivity index (χ1n) is 9.78. The molecule has 1 N–H and O–H groups in total. The number of rotatable bonds is 7. The van der Waals surface area contributed by atoms with Crippen molar-refractivity contribution in [2.75, 3.05) is 0 Å². The zero-order valence-electron chi connectivity index (χ0n) is 16.8. The minimum atomic E-state index is -1.16. The van der Waals surface area contributed by atoms with Crippen LogP contribution in [0.4, 0.5) is 5.69 Å². The monoisotopic (exact) mass is 440 g/mol. The summed E-state index contributed by atoms with van der Waals surface area (Å²) in [5, 5.41) is 21.3. The SMILES string of the molecule is CC(C)C1C(=O)N2C(C(=O)O)=C(Sc3ncccn3)C(Cc3ccc([N+](=O)[O-])cc3)C12. The van der Waals surface area contributed by atoms with E-state index < -0.39 is 10.9 Å². The van der Waals surface area contributed by atoms with Crippen LogP contribution in [0.25, 0.3) is 0 Å². The van der Waals surface area contributed by atoms with E-state index in [1.165, 1.54) is 17.0 Å². The molecular formula is C21H20N4O5S. The number of carboxylic acid groups (broad SMARTS) is 1. The van der Waals surface area contributed by atoms with Gasteiger partial charge in [-0.3, -0.25) is 14.9 Å². The van der Waals surface area contributed by atoms with Crippen LogP contribution in [0.5, 0.6) is 0 Å². The molecule has 2 aliphatic heterocycles. The van der Waals surface area contributed by atoms with Crippen molar-refractivity contribution in [3.63, 3.8) is 0 Å². The third-order valence-corrected chi connectivity index (χ3v) is 6.79. The fraction of sp³-hybridized carbons (Fsp3) is 0.333. The molecule has 0 bridgehead atoms. The van der Waals surface area contributed by atoms with Gasteiger partial charge in [-0.1, -0.05) is 37.7 Å². The number of hydrogen-bond donors (Lipinski definition) is 1. The van der Waals surface area contributed by atoms with Crippen LogP contribution < -0.4 is 0 Å². The number of β-lactam (4-membered cyclic amide) rings is 1. The van der Waals surface area contributed by atoms with Gasteiger partial charge in [-0.15, -0.1) is 0 Å². The number of hydrogen-bond acceptors (Lipinski definition) is 7. The van der Waals surface area contributed by atoms with Crippen molar-refractivity contribution in [2.45, 2.75) is 31.5 Å². The van der Waals surface area contributed by atoms with Crippen LogP contribution in [0.15, 0.2) is 58.5 Å². The second-order valence-electron chi connectivity index (χ2n) is 7.85. The highest BCUT2D eigenvalue weighted by atomic mass is 32.2. The highest BCUT2D eigenvalue weighted by molar-refractivity contribution is 8.03. The summed E-state index contributed by atoms with van der Waals surface area (Å²) in [4.78, 5) is 45.8. The number of aliphatic carboxylic acids is 1. The number of non-ortho nitro benzene ring substituents is 1. The van der Waals surface area contributed by atoms with Gasteiger partial charge in [0.05, 0.1) is 16.9 Å². The minimum Gasteiger partial charge on any atom is -0.477 e. The van der Waals surface area contributed by atoms with Gasteiger partial charge < -0.3 is 10.0 Å². The van der Waals surface area contributed by atoms with E-state index in [9.17, 15) is 24.8 Å². The van der Waals surface area contributed by atoms with Gasteiger partial charge >= 0.3 is 5.97 Å². The first-order chi connectivity index (χ1) is 14.8. The van der Waals surface area contributed by atoms with E-state index in [0.29, 0.717) is 16.5 Å². The summed E-state index contributed by atoms with van der Waals surface area (Å²) >= 11 is 1.16. The lowest BCUT2D eigenvalue weighted by atomic mass is 9.73. The quantitative estimate of drug-likeness (QED) is 0.301. The Bertz CT molecular complexity index is 1070. The molecule has 1 amide bonds. The minimum absolute atomic E-state index is 0.00951.